The van der Waals surface area contributed by atoms with E-state index in [4.69, 9.17) is 5.73 Å². The van der Waals surface area contributed by atoms with Gasteiger partial charge in [0, 0.05) is 60.8 Å². The number of benzene rings is 1. The Bertz CT molecular complexity index is 1150. The Morgan fingerprint density at radius 2 is 2.00 bits per heavy atom. The molecule has 2 aromatic heterocycles. The first kappa shape index (κ1) is 20.2. The molecule has 0 aliphatic carbocycles. The summed E-state index contributed by atoms with van der Waals surface area (Å²) in [6.45, 7) is 2.08. The molecular weight excluding hydrogens is 379 g/mol. The lowest BCUT2D eigenvalue weighted by Gasteiger charge is -2.12. The third-order valence-corrected chi connectivity index (χ3v) is 6.44. The summed E-state index contributed by atoms with van der Waals surface area (Å²) in [5.74, 6) is -0.319. The third kappa shape index (κ3) is 3.58. The Morgan fingerprint density at radius 1 is 1.29 bits per heavy atom. The summed E-state index contributed by atoms with van der Waals surface area (Å²) in [5, 5.41) is 0.904. The summed E-state index contributed by atoms with van der Waals surface area (Å²) in [6, 6.07) is 9.24. The van der Waals surface area contributed by atoms with Crippen molar-refractivity contribution in [3.63, 3.8) is 0 Å². The van der Waals surface area contributed by atoms with Gasteiger partial charge >= 0.3 is 0 Å². The van der Waals surface area contributed by atoms with E-state index in [0.29, 0.717) is 5.56 Å². The Kier molecular flexibility index (Phi) is 5.64. The molecule has 0 atom stereocenters. The maximum atomic E-state index is 14.2. The van der Waals surface area contributed by atoms with E-state index in [-0.39, 0.29) is 23.8 Å². The molecule has 3 rings (SSSR count). The predicted molar refractivity (Wildman–Crippen MR) is 109 cm³/mol. The van der Waals surface area contributed by atoms with E-state index in [1.807, 2.05) is 35.8 Å². The molecule has 0 saturated heterocycles. The molecule has 0 amide bonds. The molecule has 2 N–H and O–H groups in total. The number of allylic oxidation sites excluding steroid dienone is 1. The molecule has 28 heavy (non-hydrogen) atoms. The summed E-state index contributed by atoms with van der Waals surface area (Å²) in [7, 11) is -0.656. The van der Waals surface area contributed by atoms with Gasteiger partial charge in [0.15, 0.2) is 0 Å². The van der Waals surface area contributed by atoms with Crippen LogP contribution < -0.4 is 5.73 Å². The fourth-order valence-electron chi connectivity index (χ4n) is 3.25. The smallest absolute Gasteiger partial charge is 0.244 e. The molecule has 0 fully saturated rings. The van der Waals surface area contributed by atoms with Gasteiger partial charge < -0.3 is 10.3 Å². The maximum Gasteiger partial charge on any atom is 0.244 e. The van der Waals surface area contributed by atoms with Crippen LogP contribution in [0.5, 0.6) is 0 Å². The fraction of sp³-hybridized carbons (Fsp3) is 0.250. The van der Waals surface area contributed by atoms with Gasteiger partial charge in [-0.25, -0.2) is 17.1 Å². The number of para-hydroxylation sites is 1. The van der Waals surface area contributed by atoms with E-state index in [1.165, 1.54) is 26.4 Å². The molecule has 0 saturated carbocycles. The minimum absolute atomic E-state index is 0.0622. The molecule has 0 aliphatic heterocycles. The van der Waals surface area contributed by atoms with E-state index >= 15 is 0 Å². The molecular formula is C20H23FN4O2S. The van der Waals surface area contributed by atoms with Crippen molar-refractivity contribution in [1.29, 1.82) is 0 Å². The van der Waals surface area contributed by atoms with Gasteiger partial charge in [0.1, 0.15) is 10.7 Å². The number of pyridine rings is 1. The van der Waals surface area contributed by atoms with E-state index < -0.39 is 10.0 Å². The lowest BCUT2D eigenvalue weighted by molar-refractivity contribution is 0.520. The molecule has 0 aliphatic rings. The summed E-state index contributed by atoms with van der Waals surface area (Å²) >= 11 is 0. The van der Waals surface area contributed by atoms with Gasteiger partial charge in [0.25, 0.3) is 0 Å². The van der Waals surface area contributed by atoms with Crippen LogP contribution in [0.2, 0.25) is 0 Å². The zero-order valence-corrected chi connectivity index (χ0v) is 16.9. The lowest BCUT2D eigenvalue weighted by Crippen LogP contribution is -2.22. The number of fused-ring (bicyclic) bond motifs is 1. The van der Waals surface area contributed by atoms with E-state index in [2.05, 4.69) is 4.98 Å². The molecule has 3 aromatic rings. The standard InChI is InChI=1S/C20H23FN4O2S/c1-14-20(15-10-17(12-23-11-15)28(26,27)24(2)3)18-6-4-5-7-19(18)25(14)13-16(21)8-9-22/h4-8,10-12H,9,13,22H2,1-3H3/b16-8-. The van der Waals surface area contributed by atoms with Crippen molar-refractivity contribution in [2.24, 2.45) is 5.73 Å². The van der Waals surface area contributed by atoms with Crippen molar-refractivity contribution in [2.45, 2.75) is 18.4 Å². The molecule has 1 aromatic carbocycles. The molecule has 8 heteroatoms. The van der Waals surface area contributed by atoms with Crippen LogP contribution >= 0.6 is 0 Å². The molecule has 0 spiro atoms. The van der Waals surface area contributed by atoms with Crippen LogP contribution in [-0.4, -0.2) is 42.9 Å². The third-order valence-electron chi connectivity index (χ3n) is 4.66. The summed E-state index contributed by atoms with van der Waals surface area (Å²) < 4.78 is 42.2. The maximum absolute atomic E-state index is 14.2. The quantitative estimate of drug-likeness (QED) is 0.687. The largest absolute Gasteiger partial charge is 0.337 e. The molecule has 148 valence electrons. The van der Waals surface area contributed by atoms with E-state index in [9.17, 15) is 12.8 Å². The van der Waals surface area contributed by atoms with Crippen LogP contribution in [0, 0.1) is 6.92 Å². The minimum atomic E-state index is -3.61. The van der Waals surface area contributed by atoms with E-state index in [1.54, 1.807) is 12.3 Å². The second-order valence-corrected chi connectivity index (χ2v) is 8.80. The van der Waals surface area contributed by atoms with Crippen LogP contribution in [0.3, 0.4) is 0 Å². The normalized spacial score (nSPS) is 12.9. The Labute approximate surface area is 164 Å². The van der Waals surface area contributed by atoms with Crippen molar-refractivity contribution in [3.05, 3.63) is 60.3 Å². The highest BCUT2D eigenvalue weighted by Crippen LogP contribution is 2.35. The van der Waals surface area contributed by atoms with E-state index in [0.717, 1.165) is 26.5 Å². The van der Waals surface area contributed by atoms with Crippen molar-refractivity contribution in [1.82, 2.24) is 13.9 Å². The summed E-state index contributed by atoms with van der Waals surface area (Å²) in [6.07, 6.45) is 4.30. The Balaban J connectivity index is 2.23. The van der Waals surface area contributed by atoms with Crippen molar-refractivity contribution in [2.75, 3.05) is 20.6 Å². The average molecular weight is 402 g/mol. The number of aromatic nitrogens is 2. The number of nitrogens with zero attached hydrogens (tertiary/aromatic N) is 3. The molecule has 2 heterocycles. The van der Waals surface area contributed by atoms with Gasteiger partial charge in [0.2, 0.25) is 10.0 Å². The second kappa shape index (κ2) is 7.83. The first-order valence-corrected chi connectivity index (χ1v) is 10.2. The predicted octanol–water partition coefficient (Wildman–Crippen LogP) is 3.07. The van der Waals surface area contributed by atoms with Gasteiger partial charge in [-0.05, 0) is 25.1 Å². The number of hydrogen-bond donors (Lipinski definition) is 1. The highest BCUT2D eigenvalue weighted by molar-refractivity contribution is 7.89. The SMILES string of the molecule is Cc1c(-c2cncc(S(=O)(=O)N(C)C)c2)c2ccccc2n1C/C(F)=C/CN. The van der Waals surface area contributed by atoms with Gasteiger partial charge in [-0.15, -0.1) is 0 Å². The zero-order chi connectivity index (χ0) is 20.5. The van der Waals surface area contributed by atoms with Crippen molar-refractivity contribution < 1.29 is 12.8 Å². The van der Waals surface area contributed by atoms with Crippen LogP contribution in [0.15, 0.2) is 59.5 Å². The van der Waals surface area contributed by atoms with Crippen LogP contribution in [-0.2, 0) is 16.6 Å². The number of rotatable bonds is 6. The first-order chi connectivity index (χ1) is 13.3. The lowest BCUT2D eigenvalue weighted by atomic mass is 10.0. The monoisotopic (exact) mass is 402 g/mol. The second-order valence-electron chi connectivity index (χ2n) is 6.65. The average Bonchev–Trinajstić information content (AvgIpc) is 2.94. The zero-order valence-electron chi connectivity index (χ0n) is 16.1. The number of nitrogens with two attached hydrogens (primary N) is 1. The topological polar surface area (TPSA) is 81.2 Å². The fourth-order valence-corrected chi connectivity index (χ4v) is 4.14. The van der Waals surface area contributed by atoms with Crippen molar-refractivity contribution >= 4 is 20.9 Å². The number of hydrogen-bond acceptors (Lipinski definition) is 4. The summed E-state index contributed by atoms with van der Waals surface area (Å²) in [4.78, 5) is 4.25. The Morgan fingerprint density at radius 3 is 2.68 bits per heavy atom. The minimum Gasteiger partial charge on any atom is -0.337 e. The number of sulfonamides is 1. The van der Waals surface area contributed by atoms with Crippen molar-refractivity contribution in [3.8, 4) is 11.1 Å². The molecule has 0 bridgehead atoms. The summed E-state index contributed by atoms with van der Waals surface area (Å²) in [5.41, 5.74) is 8.60. The first-order valence-electron chi connectivity index (χ1n) is 8.77. The van der Waals surface area contributed by atoms with Gasteiger partial charge in [-0.2, -0.15) is 0 Å². The van der Waals surface area contributed by atoms with Gasteiger partial charge in [0.05, 0.1) is 6.54 Å². The van der Waals surface area contributed by atoms with Gasteiger partial charge in [-0.3, -0.25) is 4.98 Å². The molecule has 6 nitrogen and oxygen atoms in total. The van der Waals surface area contributed by atoms with Crippen LogP contribution in [0.4, 0.5) is 4.39 Å². The molecule has 0 unspecified atom stereocenters. The number of halogens is 1. The highest BCUT2D eigenvalue weighted by atomic mass is 32.2. The molecule has 0 radical (unpaired) electrons. The van der Waals surface area contributed by atoms with Crippen LogP contribution in [0.25, 0.3) is 22.0 Å². The highest BCUT2D eigenvalue weighted by Gasteiger charge is 2.21. The van der Waals surface area contributed by atoms with Crippen LogP contribution in [0.1, 0.15) is 5.69 Å². The van der Waals surface area contributed by atoms with Gasteiger partial charge in [-0.1, -0.05) is 18.2 Å². The Hall–Kier alpha value is -2.55.